The van der Waals surface area contributed by atoms with Gasteiger partial charge in [-0.3, -0.25) is 4.21 Å². The van der Waals surface area contributed by atoms with E-state index in [9.17, 15) is 25.8 Å². The van der Waals surface area contributed by atoms with E-state index in [1.165, 1.54) is 10.6 Å². The van der Waals surface area contributed by atoms with E-state index in [1.807, 2.05) is 12.1 Å². The molecule has 0 aliphatic carbocycles. The van der Waals surface area contributed by atoms with Gasteiger partial charge in [-0.15, -0.1) is 0 Å². The number of fused-ring (bicyclic) bond motifs is 1. The van der Waals surface area contributed by atoms with Crippen LogP contribution in [0.3, 0.4) is 0 Å². The molecule has 220 valence electrons. The van der Waals surface area contributed by atoms with Gasteiger partial charge in [0.1, 0.15) is 11.4 Å². The summed E-state index contributed by atoms with van der Waals surface area (Å²) in [6.07, 6.45) is -1.42. The first-order chi connectivity index (χ1) is 20.0. The lowest BCUT2D eigenvalue weighted by Crippen LogP contribution is -2.33. The van der Waals surface area contributed by atoms with E-state index in [1.54, 1.807) is 60.7 Å². The third kappa shape index (κ3) is 6.80. The molecule has 1 aliphatic heterocycles. The second kappa shape index (κ2) is 12.2. The van der Waals surface area contributed by atoms with Crippen LogP contribution in [0.25, 0.3) is 0 Å². The van der Waals surface area contributed by atoms with Crippen LogP contribution in [-0.4, -0.2) is 46.2 Å². The van der Waals surface area contributed by atoms with Crippen LogP contribution in [0.5, 0.6) is 0 Å². The summed E-state index contributed by atoms with van der Waals surface area (Å²) < 4.78 is 80.7. The molecule has 0 amide bonds. The fraction of sp³-hybridized carbons (Fsp3) is 0.241. The van der Waals surface area contributed by atoms with Gasteiger partial charge < -0.3 is 10.6 Å². The topological polar surface area (TPSA) is 104 Å². The van der Waals surface area contributed by atoms with Crippen LogP contribution in [0, 0.1) is 0 Å². The highest BCUT2D eigenvalue weighted by Crippen LogP contribution is 2.34. The molecule has 13 heteroatoms. The SMILES string of the molecule is CS(=O)c1cccc(CNc2nc(Nc3ccc4c(c3)CCN(S(=O)(=O)c3ccccc3)CC4)ncc2C(F)(F)F)c1. The van der Waals surface area contributed by atoms with Crippen LogP contribution in [0.2, 0.25) is 0 Å². The molecule has 3 aromatic carbocycles. The van der Waals surface area contributed by atoms with E-state index in [2.05, 4.69) is 20.6 Å². The molecule has 1 aliphatic rings. The van der Waals surface area contributed by atoms with Crippen LogP contribution in [0.4, 0.5) is 30.6 Å². The summed E-state index contributed by atoms with van der Waals surface area (Å²) in [4.78, 5) is 8.82. The van der Waals surface area contributed by atoms with E-state index in [0.29, 0.717) is 42.1 Å². The third-order valence-corrected chi connectivity index (χ3v) is 9.72. The molecular formula is C29H28F3N5O3S2. The maximum Gasteiger partial charge on any atom is 0.421 e. The van der Waals surface area contributed by atoms with Crippen molar-refractivity contribution in [1.82, 2.24) is 14.3 Å². The van der Waals surface area contributed by atoms with Crippen molar-refractivity contribution in [2.24, 2.45) is 0 Å². The highest BCUT2D eigenvalue weighted by Gasteiger charge is 2.35. The summed E-state index contributed by atoms with van der Waals surface area (Å²) in [6, 6.07) is 20.6. The quantitative estimate of drug-likeness (QED) is 0.274. The fourth-order valence-electron chi connectivity index (χ4n) is 4.70. The Morgan fingerprint density at radius 1 is 0.952 bits per heavy atom. The lowest BCUT2D eigenvalue weighted by molar-refractivity contribution is -0.137. The minimum atomic E-state index is -4.68. The minimum absolute atomic E-state index is 0.0317. The van der Waals surface area contributed by atoms with Crippen LogP contribution >= 0.6 is 0 Å². The summed E-state index contributed by atoms with van der Waals surface area (Å²) >= 11 is 0. The zero-order valence-corrected chi connectivity index (χ0v) is 24.2. The maximum atomic E-state index is 13.7. The molecule has 42 heavy (non-hydrogen) atoms. The second-order valence-electron chi connectivity index (χ2n) is 9.73. The second-order valence-corrected chi connectivity index (χ2v) is 13.1. The Kier molecular flexibility index (Phi) is 8.62. The van der Waals surface area contributed by atoms with Gasteiger partial charge in [-0.1, -0.05) is 36.4 Å². The van der Waals surface area contributed by atoms with Crippen molar-refractivity contribution in [3.63, 3.8) is 0 Å². The van der Waals surface area contributed by atoms with Crippen molar-refractivity contribution in [3.05, 3.63) is 101 Å². The smallest absolute Gasteiger partial charge is 0.365 e. The molecule has 1 atom stereocenters. The average molecular weight is 616 g/mol. The van der Waals surface area contributed by atoms with E-state index in [0.717, 1.165) is 17.3 Å². The van der Waals surface area contributed by atoms with Crippen molar-refractivity contribution in [2.45, 2.75) is 35.4 Å². The Hall–Kier alpha value is -3.81. The third-order valence-electron chi connectivity index (χ3n) is 6.89. The summed E-state index contributed by atoms with van der Waals surface area (Å²) in [5.74, 6) is -0.421. The number of aromatic nitrogens is 2. The zero-order valence-electron chi connectivity index (χ0n) is 22.6. The monoisotopic (exact) mass is 615 g/mol. The number of alkyl halides is 3. The Morgan fingerprint density at radius 3 is 2.40 bits per heavy atom. The predicted molar refractivity (Wildman–Crippen MR) is 155 cm³/mol. The van der Waals surface area contributed by atoms with Crippen molar-refractivity contribution in [3.8, 4) is 0 Å². The molecule has 0 fully saturated rings. The first-order valence-electron chi connectivity index (χ1n) is 13.1. The Bertz CT molecular complexity index is 1720. The van der Waals surface area contributed by atoms with Crippen molar-refractivity contribution >= 4 is 38.3 Å². The molecular weight excluding hydrogens is 587 g/mol. The summed E-state index contributed by atoms with van der Waals surface area (Å²) in [5.41, 5.74) is 2.14. The van der Waals surface area contributed by atoms with Gasteiger partial charge in [0, 0.05) is 53.5 Å². The van der Waals surface area contributed by atoms with Gasteiger partial charge in [0.15, 0.2) is 0 Å². The number of sulfonamides is 1. The van der Waals surface area contributed by atoms with Crippen molar-refractivity contribution in [2.75, 3.05) is 30.0 Å². The Balaban J connectivity index is 1.33. The van der Waals surface area contributed by atoms with Gasteiger partial charge in [0.25, 0.3) is 0 Å². The molecule has 0 radical (unpaired) electrons. The lowest BCUT2D eigenvalue weighted by atomic mass is 10.0. The van der Waals surface area contributed by atoms with E-state index < -0.39 is 32.6 Å². The first kappa shape index (κ1) is 29.7. The van der Waals surface area contributed by atoms with Crippen LogP contribution in [0.1, 0.15) is 22.3 Å². The highest BCUT2D eigenvalue weighted by atomic mass is 32.2. The number of rotatable bonds is 8. The van der Waals surface area contributed by atoms with Crippen LogP contribution < -0.4 is 10.6 Å². The van der Waals surface area contributed by atoms with Crippen LogP contribution in [-0.2, 0) is 46.4 Å². The number of halogens is 3. The van der Waals surface area contributed by atoms with Gasteiger partial charge in [-0.25, -0.2) is 13.4 Å². The van der Waals surface area contributed by atoms with Crippen LogP contribution in [0.15, 0.2) is 88.8 Å². The average Bonchev–Trinajstić information content (AvgIpc) is 3.19. The van der Waals surface area contributed by atoms with Gasteiger partial charge in [0.2, 0.25) is 16.0 Å². The lowest BCUT2D eigenvalue weighted by Gasteiger charge is -2.19. The van der Waals surface area contributed by atoms with Gasteiger partial charge >= 0.3 is 6.18 Å². The molecule has 1 unspecified atom stereocenters. The maximum absolute atomic E-state index is 13.7. The molecule has 0 spiro atoms. The first-order valence-corrected chi connectivity index (χ1v) is 16.0. The molecule has 0 bridgehead atoms. The Morgan fingerprint density at radius 2 is 1.69 bits per heavy atom. The number of hydrogen-bond donors (Lipinski definition) is 2. The minimum Gasteiger partial charge on any atom is -0.365 e. The van der Waals surface area contributed by atoms with Gasteiger partial charge in [0.05, 0.1) is 4.90 Å². The van der Waals surface area contributed by atoms with E-state index in [4.69, 9.17) is 0 Å². The molecule has 8 nitrogen and oxygen atoms in total. The number of benzene rings is 3. The number of nitrogens with one attached hydrogen (secondary N) is 2. The molecule has 0 saturated heterocycles. The van der Waals surface area contributed by atoms with Crippen molar-refractivity contribution < 1.29 is 25.8 Å². The van der Waals surface area contributed by atoms with E-state index >= 15 is 0 Å². The predicted octanol–water partition coefficient (Wildman–Crippen LogP) is 5.38. The number of hydrogen-bond acceptors (Lipinski definition) is 7. The molecule has 2 N–H and O–H groups in total. The van der Waals surface area contributed by atoms with Gasteiger partial charge in [-0.2, -0.15) is 22.5 Å². The largest absolute Gasteiger partial charge is 0.421 e. The summed E-state index contributed by atoms with van der Waals surface area (Å²) in [6.45, 7) is 0.669. The number of nitrogens with zero attached hydrogens (tertiary/aromatic N) is 3. The van der Waals surface area contributed by atoms with Crippen molar-refractivity contribution in [1.29, 1.82) is 0 Å². The molecule has 4 aromatic rings. The standard InChI is InChI=1S/C29H28F3N5O3S2/c1-41(38)24-7-5-6-20(16-24)18-33-27-26(29(30,31)32)19-34-28(36-27)35-23-11-10-21-12-14-37(15-13-22(21)17-23)42(39,40)25-8-3-2-4-9-25/h2-11,16-17,19H,12-15,18H2,1H3,(H2,33,34,35,36). The van der Waals surface area contributed by atoms with E-state index in [-0.39, 0.29) is 23.2 Å². The molecule has 2 heterocycles. The summed E-state index contributed by atoms with van der Waals surface area (Å²) in [5, 5.41) is 5.73. The molecule has 5 rings (SSSR count). The molecule has 0 saturated carbocycles. The highest BCUT2D eigenvalue weighted by molar-refractivity contribution is 7.89. The molecule has 1 aromatic heterocycles. The Labute approximate surface area is 244 Å². The fourth-order valence-corrected chi connectivity index (χ4v) is 6.75. The summed E-state index contributed by atoms with van der Waals surface area (Å²) in [7, 11) is -4.86. The number of anilines is 3. The van der Waals surface area contributed by atoms with Gasteiger partial charge in [-0.05, 0) is 65.9 Å². The zero-order chi connectivity index (χ0) is 29.9. The normalized spacial score (nSPS) is 15.0.